The highest BCUT2D eigenvalue weighted by atomic mass is 16.5. The van der Waals surface area contributed by atoms with Crippen molar-refractivity contribution < 1.29 is 23.9 Å². The van der Waals surface area contributed by atoms with Gasteiger partial charge in [0.25, 0.3) is 0 Å². The van der Waals surface area contributed by atoms with Crippen molar-refractivity contribution in [3.05, 3.63) is 95.1 Å². The van der Waals surface area contributed by atoms with Crippen LogP contribution in [0.4, 0.5) is 5.69 Å². The molecule has 1 saturated heterocycles. The molecule has 3 aromatic rings. The number of Topliss-reactive ketones (excluding diaryl/α,β-unsaturated/α-hetero) is 3. The Hall–Kier alpha value is -4.19. The SMILES string of the molecule is COc1ccc(OC)c([C@H]2[C@H](C(C)=O)N3c4ccccc4C=C[C@@H]3C23C(=O)c2ccccc2C3=O)c1. The summed E-state index contributed by atoms with van der Waals surface area (Å²) in [6, 6.07) is 18.6. The van der Waals surface area contributed by atoms with E-state index in [1.807, 2.05) is 41.3 Å². The number of hydrogen-bond donors (Lipinski definition) is 0. The molecule has 36 heavy (non-hydrogen) atoms. The average Bonchev–Trinajstić information content (AvgIpc) is 3.35. The third kappa shape index (κ3) is 2.70. The molecule has 3 atom stereocenters. The molecule has 2 heterocycles. The lowest BCUT2D eigenvalue weighted by Crippen LogP contribution is -2.48. The summed E-state index contributed by atoms with van der Waals surface area (Å²) in [4.78, 5) is 44.4. The van der Waals surface area contributed by atoms with Crippen molar-refractivity contribution in [2.24, 2.45) is 5.41 Å². The first kappa shape index (κ1) is 22.3. The van der Waals surface area contributed by atoms with Crippen LogP contribution in [0.5, 0.6) is 11.5 Å². The van der Waals surface area contributed by atoms with E-state index in [0.717, 1.165) is 11.3 Å². The van der Waals surface area contributed by atoms with Gasteiger partial charge in [-0.15, -0.1) is 0 Å². The van der Waals surface area contributed by atoms with Crippen LogP contribution in [0.3, 0.4) is 0 Å². The monoisotopic (exact) mass is 479 g/mol. The summed E-state index contributed by atoms with van der Waals surface area (Å²) in [5, 5.41) is 0. The smallest absolute Gasteiger partial charge is 0.180 e. The van der Waals surface area contributed by atoms with Crippen molar-refractivity contribution in [2.45, 2.75) is 24.9 Å². The molecule has 0 N–H and O–H groups in total. The lowest BCUT2D eigenvalue weighted by Gasteiger charge is -2.37. The van der Waals surface area contributed by atoms with E-state index < -0.39 is 23.4 Å². The van der Waals surface area contributed by atoms with E-state index in [-0.39, 0.29) is 17.3 Å². The van der Waals surface area contributed by atoms with Crippen molar-refractivity contribution >= 4 is 29.1 Å². The standard InChI is InChI=1S/C30H25NO5/c1-17(32)27-26(22-16-19(35-2)13-14-24(22)36-3)30(28(33)20-9-5-6-10-21(20)29(30)34)25-15-12-18-8-4-7-11-23(18)31(25)27/h4-16,25-27H,1-3H3/t25-,26+,27+/m1/s1. The molecule has 0 bridgehead atoms. The van der Waals surface area contributed by atoms with E-state index in [1.54, 1.807) is 56.7 Å². The van der Waals surface area contributed by atoms with Crippen molar-refractivity contribution in [1.29, 1.82) is 0 Å². The molecule has 1 spiro atoms. The molecule has 180 valence electrons. The minimum atomic E-state index is -1.54. The minimum Gasteiger partial charge on any atom is -0.497 e. The highest BCUT2D eigenvalue weighted by Crippen LogP contribution is 2.61. The minimum absolute atomic E-state index is 0.131. The predicted octanol–water partition coefficient (Wildman–Crippen LogP) is 4.73. The maximum absolute atomic E-state index is 14.4. The van der Waals surface area contributed by atoms with Crippen LogP contribution in [0.25, 0.3) is 6.08 Å². The first-order chi connectivity index (χ1) is 17.4. The molecule has 0 aromatic heterocycles. The van der Waals surface area contributed by atoms with E-state index >= 15 is 0 Å². The van der Waals surface area contributed by atoms with E-state index in [4.69, 9.17) is 9.47 Å². The first-order valence-corrected chi connectivity index (χ1v) is 11.9. The molecule has 0 saturated carbocycles. The Labute approximate surface area is 209 Å². The zero-order valence-electron chi connectivity index (χ0n) is 20.2. The Morgan fingerprint density at radius 1 is 0.889 bits per heavy atom. The quantitative estimate of drug-likeness (QED) is 0.504. The summed E-state index contributed by atoms with van der Waals surface area (Å²) in [5.41, 5.74) is 1.61. The number of ketones is 3. The number of carbonyl (C=O) groups is 3. The van der Waals surface area contributed by atoms with Gasteiger partial charge in [0.05, 0.1) is 26.3 Å². The van der Waals surface area contributed by atoms with Gasteiger partial charge in [-0.3, -0.25) is 14.4 Å². The van der Waals surface area contributed by atoms with Gasteiger partial charge < -0.3 is 14.4 Å². The van der Waals surface area contributed by atoms with Crippen LogP contribution >= 0.6 is 0 Å². The van der Waals surface area contributed by atoms with Gasteiger partial charge in [0.2, 0.25) is 0 Å². The lowest BCUT2D eigenvalue weighted by atomic mass is 9.64. The maximum atomic E-state index is 14.4. The number of anilines is 1. The van der Waals surface area contributed by atoms with Gasteiger partial charge in [0.1, 0.15) is 16.9 Å². The summed E-state index contributed by atoms with van der Waals surface area (Å²) < 4.78 is 11.2. The number of methoxy groups -OCH3 is 2. The van der Waals surface area contributed by atoms with Crippen LogP contribution in [0.1, 0.15) is 44.7 Å². The molecule has 3 aliphatic rings. The average molecular weight is 480 g/mol. The van der Waals surface area contributed by atoms with Crippen LogP contribution < -0.4 is 14.4 Å². The summed E-state index contributed by atoms with van der Waals surface area (Å²) >= 11 is 0. The second kappa shape index (κ2) is 7.92. The van der Waals surface area contributed by atoms with Crippen LogP contribution in [0, 0.1) is 5.41 Å². The molecular weight excluding hydrogens is 454 g/mol. The molecule has 0 amide bonds. The molecular formula is C30H25NO5. The van der Waals surface area contributed by atoms with Gasteiger partial charge in [-0.1, -0.05) is 54.6 Å². The number of rotatable bonds is 4. The van der Waals surface area contributed by atoms with Crippen molar-refractivity contribution in [1.82, 2.24) is 0 Å². The van der Waals surface area contributed by atoms with E-state index in [9.17, 15) is 14.4 Å². The van der Waals surface area contributed by atoms with E-state index in [1.165, 1.54) is 6.92 Å². The Morgan fingerprint density at radius 2 is 1.56 bits per heavy atom. The fraction of sp³-hybridized carbons (Fsp3) is 0.233. The molecule has 2 aliphatic heterocycles. The van der Waals surface area contributed by atoms with E-state index in [2.05, 4.69) is 0 Å². The normalized spacial score (nSPS) is 22.9. The van der Waals surface area contributed by atoms with Gasteiger partial charge in [0.15, 0.2) is 17.3 Å². The van der Waals surface area contributed by atoms with E-state index in [0.29, 0.717) is 28.2 Å². The maximum Gasteiger partial charge on any atom is 0.180 e. The summed E-state index contributed by atoms with van der Waals surface area (Å²) in [6.45, 7) is 1.53. The van der Waals surface area contributed by atoms with Crippen LogP contribution in [-0.4, -0.2) is 43.7 Å². The van der Waals surface area contributed by atoms with Crippen molar-refractivity contribution in [2.75, 3.05) is 19.1 Å². The number of nitrogens with zero attached hydrogens (tertiary/aromatic N) is 1. The number of fused-ring (bicyclic) bond motifs is 5. The second-order valence-corrected chi connectivity index (χ2v) is 9.48. The summed E-state index contributed by atoms with van der Waals surface area (Å²) in [6.07, 6.45) is 3.86. The number of benzene rings is 3. The first-order valence-electron chi connectivity index (χ1n) is 11.9. The van der Waals surface area contributed by atoms with Gasteiger partial charge in [-0.05, 0) is 36.8 Å². The zero-order chi connectivity index (χ0) is 25.2. The molecule has 0 unspecified atom stereocenters. The largest absolute Gasteiger partial charge is 0.497 e. The third-order valence-corrected chi connectivity index (χ3v) is 7.90. The molecule has 6 rings (SSSR count). The van der Waals surface area contributed by atoms with Crippen LogP contribution in [-0.2, 0) is 4.79 Å². The molecule has 6 heteroatoms. The Morgan fingerprint density at radius 3 is 2.19 bits per heavy atom. The fourth-order valence-corrected chi connectivity index (χ4v) is 6.50. The molecule has 1 aliphatic carbocycles. The number of para-hydroxylation sites is 1. The number of hydrogen-bond acceptors (Lipinski definition) is 6. The zero-order valence-corrected chi connectivity index (χ0v) is 20.2. The highest BCUT2D eigenvalue weighted by molar-refractivity contribution is 6.32. The molecule has 0 radical (unpaired) electrons. The Balaban J connectivity index is 1.71. The molecule has 1 fully saturated rings. The molecule has 6 nitrogen and oxygen atoms in total. The van der Waals surface area contributed by atoms with Crippen LogP contribution in [0.15, 0.2) is 72.8 Å². The van der Waals surface area contributed by atoms with Gasteiger partial charge in [-0.25, -0.2) is 0 Å². The summed E-state index contributed by atoms with van der Waals surface area (Å²) in [7, 11) is 3.10. The topological polar surface area (TPSA) is 72.9 Å². The highest BCUT2D eigenvalue weighted by Gasteiger charge is 2.71. The van der Waals surface area contributed by atoms with Crippen molar-refractivity contribution in [3.8, 4) is 11.5 Å². The third-order valence-electron chi connectivity index (χ3n) is 7.90. The second-order valence-electron chi connectivity index (χ2n) is 9.48. The van der Waals surface area contributed by atoms with Gasteiger partial charge >= 0.3 is 0 Å². The Kier molecular flexibility index (Phi) is 4.90. The van der Waals surface area contributed by atoms with Gasteiger partial charge in [-0.2, -0.15) is 0 Å². The fourth-order valence-electron chi connectivity index (χ4n) is 6.50. The Bertz CT molecular complexity index is 1440. The van der Waals surface area contributed by atoms with Crippen molar-refractivity contribution in [3.63, 3.8) is 0 Å². The van der Waals surface area contributed by atoms with Gasteiger partial charge in [0, 0.05) is 28.3 Å². The number of ether oxygens (including phenoxy) is 2. The van der Waals surface area contributed by atoms with Crippen LogP contribution in [0.2, 0.25) is 0 Å². The summed E-state index contributed by atoms with van der Waals surface area (Å²) in [5.74, 6) is -0.400. The number of carbonyl (C=O) groups excluding carboxylic acids is 3. The lowest BCUT2D eigenvalue weighted by molar-refractivity contribution is -0.118. The molecule has 3 aromatic carbocycles. The predicted molar refractivity (Wildman–Crippen MR) is 136 cm³/mol.